The van der Waals surface area contributed by atoms with Crippen molar-refractivity contribution in [1.82, 2.24) is 24.9 Å². The molecule has 0 aliphatic rings. The molecule has 3 aromatic heterocycles. The molecule has 3 heterocycles. The first-order valence-corrected chi connectivity index (χ1v) is 15.9. The van der Waals surface area contributed by atoms with Gasteiger partial charge in [0.05, 0.1) is 16.7 Å². The number of hydrogen-bond donors (Lipinski definition) is 0. The Labute approximate surface area is 277 Å². The predicted molar refractivity (Wildman–Crippen MR) is 195 cm³/mol. The lowest BCUT2D eigenvalue weighted by atomic mass is 9.95. The molecule has 0 saturated heterocycles. The maximum absolute atomic E-state index is 5.30. The van der Waals surface area contributed by atoms with Crippen molar-refractivity contribution in [2.24, 2.45) is 0 Å². The molecular formula is C43H27N5. The summed E-state index contributed by atoms with van der Waals surface area (Å²) in [4.78, 5) is 24.5. The standard InChI is InChI=1S/C43H27N5/c1-4-11-29(12-5-1)40-39-35(24-25-37-36(39)17-10-26-44-37)34-23-22-33(27-38(34)45-40)28-18-20-32(21-19-28)43-47-41(30-13-6-2-7-14-30)46-42(48-43)31-15-8-3-9-16-31/h1-27H. The molecule has 0 bridgehead atoms. The highest BCUT2D eigenvalue weighted by atomic mass is 15.0. The van der Waals surface area contributed by atoms with Gasteiger partial charge in [0.1, 0.15) is 0 Å². The summed E-state index contributed by atoms with van der Waals surface area (Å²) in [5.41, 5.74) is 8.96. The van der Waals surface area contributed by atoms with Gasteiger partial charge in [0, 0.05) is 44.6 Å². The Kier molecular flexibility index (Phi) is 6.72. The third-order valence-corrected chi connectivity index (χ3v) is 8.77. The van der Waals surface area contributed by atoms with Crippen LogP contribution in [0.4, 0.5) is 0 Å². The molecule has 0 amide bonds. The second-order valence-electron chi connectivity index (χ2n) is 11.7. The number of hydrogen-bond acceptors (Lipinski definition) is 5. The van der Waals surface area contributed by atoms with E-state index in [0.29, 0.717) is 17.5 Å². The molecule has 48 heavy (non-hydrogen) atoms. The number of aromatic nitrogens is 5. The molecule has 5 nitrogen and oxygen atoms in total. The van der Waals surface area contributed by atoms with Crippen molar-refractivity contribution >= 4 is 32.6 Å². The summed E-state index contributed by atoms with van der Waals surface area (Å²) >= 11 is 0. The van der Waals surface area contributed by atoms with E-state index in [2.05, 4.69) is 89.9 Å². The second-order valence-corrected chi connectivity index (χ2v) is 11.7. The van der Waals surface area contributed by atoms with Crippen LogP contribution in [0.5, 0.6) is 0 Å². The van der Waals surface area contributed by atoms with E-state index in [9.17, 15) is 0 Å². The minimum Gasteiger partial charge on any atom is -0.256 e. The zero-order valence-electron chi connectivity index (χ0n) is 25.8. The molecule has 6 aromatic carbocycles. The van der Waals surface area contributed by atoms with E-state index in [1.54, 1.807) is 0 Å². The van der Waals surface area contributed by atoms with Gasteiger partial charge in [-0.15, -0.1) is 0 Å². The maximum Gasteiger partial charge on any atom is 0.164 e. The van der Waals surface area contributed by atoms with E-state index >= 15 is 0 Å². The van der Waals surface area contributed by atoms with Crippen molar-refractivity contribution in [2.75, 3.05) is 0 Å². The molecular weight excluding hydrogens is 587 g/mol. The van der Waals surface area contributed by atoms with Gasteiger partial charge in [-0.25, -0.2) is 19.9 Å². The smallest absolute Gasteiger partial charge is 0.164 e. The van der Waals surface area contributed by atoms with E-state index < -0.39 is 0 Å². The molecule has 0 N–H and O–H groups in total. The highest BCUT2D eigenvalue weighted by molar-refractivity contribution is 6.20. The van der Waals surface area contributed by atoms with E-state index in [1.807, 2.05) is 79.0 Å². The van der Waals surface area contributed by atoms with Gasteiger partial charge in [-0.2, -0.15) is 0 Å². The summed E-state index contributed by atoms with van der Waals surface area (Å²) in [5, 5.41) is 4.51. The Morgan fingerprint density at radius 3 is 1.46 bits per heavy atom. The van der Waals surface area contributed by atoms with Gasteiger partial charge in [-0.1, -0.05) is 140 Å². The van der Waals surface area contributed by atoms with Crippen LogP contribution in [0.2, 0.25) is 0 Å². The van der Waals surface area contributed by atoms with Crippen molar-refractivity contribution in [3.05, 3.63) is 164 Å². The Bertz CT molecular complexity index is 2530. The van der Waals surface area contributed by atoms with Crippen LogP contribution >= 0.6 is 0 Å². The van der Waals surface area contributed by atoms with Crippen molar-refractivity contribution in [2.45, 2.75) is 0 Å². The molecule has 0 saturated carbocycles. The molecule has 0 fully saturated rings. The largest absolute Gasteiger partial charge is 0.256 e. The van der Waals surface area contributed by atoms with Crippen molar-refractivity contribution < 1.29 is 0 Å². The summed E-state index contributed by atoms with van der Waals surface area (Å²) in [5.74, 6) is 1.93. The highest BCUT2D eigenvalue weighted by Gasteiger charge is 2.16. The number of fused-ring (bicyclic) bond motifs is 5. The van der Waals surface area contributed by atoms with Crippen molar-refractivity contribution in [3.8, 4) is 56.5 Å². The highest BCUT2D eigenvalue weighted by Crippen LogP contribution is 2.38. The fourth-order valence-corrected chi connectivity index (χ4v) is 6.39. The third-order valence-electron chi connectivity index (χ3n) is 8.77. The summed E-state index contributed by atoms with van der Waals surface area (Å²) < 4.78 is 0. The summed E-state index contributed by atoms with van der Waals surface area (Å²) in [6, 6.07) is 53.9. The average Bonchev–Trinajstić information content (AvgIpc) is 3.18. The lowest BCUT2D eigenvalue weighted by molar-refractivity contribution is 1.07. The minimum atomic E-state index is 0.634. The van der Waals surface area contributed by atoms with E-state index in [-0.39, 0.29) is 0 Å². The SMILES string of the molecule is c1ccc(-c2nc(-c3ccccc3)nc(-c3ccc(-c4ccc5c(c4)nc(-c4ccccc4)c4c6cccnc6ccc54)cc3)n2)cc1. The molecule has 0 unspecified atom stereocenters. The topological polar surface area (TPSA) is 64.5 Å². The summed E-state index contributed by atoms with van der Waals surface area (Å²) in [6.45, 7) is 0. The average molecular weight is 614 g/mol. The maximum atomic E-state index is 5.30. The zero-order valence-corrected chi connectivity index (χ0v) is 25.8. The van der Waals surface area contributed by atoms with Gasteiger partial charge < -0.3 is 0 Å². The van der Waals surface area contributed by atoms with Gasteiger partial charge in [0.25, 0.3) is 0 Å². The van der Waals surface area contributed by atoms with Crippen LogP contribution in [0.25, 0.3) is 89.1 Å². The number of benzene rings is 6. The summed E-state index contributed by atoms with van der Waals surface area (Å²) in [7, 11) is 0. The number of rotatable bonds is 5. The fraction of sp³-hybridized carbons (Fsp3) is 0. The minimum absolute atomic E-state index is 0.634. The van der Waals surface area contributed by atoms with Crippen LogP contribution < -0.4 is 0 Å². The van der Waals surface area contributed by atoms with Crippen LogP contribution in [0.1, 0.15) is 0 Å². The van der Waals surface area contributed by atoms with Crippen LogP contribution in [-0.2, 0) is 0 Å². The fourth-order valence-electron chi connectivity index (χ4n) is 6.39. The Morgan fingerprint density at radius 1 is 0.312 bits per heavy atom. The molecule has 9 aromatic rings. The normalized spacial score (nSPS) is 11.3. The Hall–Kier alpha value is -6.59. The van der Waals surface area contributed by atoms with Crippen molar-refractivity contribution in [3.63, 3.8) is 0 Å². The molecule has 0 aliphatic carbocycles. The van der Waals surface area contributed by atoms with Gasteiger partial charge in [-0.3, -0.25) is 4.98 Å². The van der Waals surface area contributed by atoms with Crippen LogP contribution in [0.15, 0.2) is 164 Å². The number of nitrogens with zero attached hydrogens (tertiary/aromatic N) is 5. The van der Waals surface area contributed by atoms with Crippen molar-refractivity contribution in [1.29, 1.82) is 0 Å². The first kappa shape index (κ1) is 27.7. The Balaban J connectivity index is 1.15. The predicted octanol–water partition coefficient (Wildman–Crippen LogP) is 10.5. The van der Waals surface area contributed by atoms with E-state index in [4.69, 9.17) is 19.9 Å². The van der Waals surface area contributed by atoms with Gasteiger partial charge in [0.15, 0.2) is 17.5 Å². The van der Waals surface area contributed by atoms with Crippen LogP contribution in [0.3, 0.4) is 0 Å². The van der Waals surface area contributed by atoms with Gasteiger partial charge in [0.2, 0.25) is 0 Å². The van der Waals surface area contributed by atoms with Gasteiger partial charge in [-0.05, 0) is 34.7 Å². The summed E-state index contributed by atoms with van der Waals surface area (Å²) in [6.07, 6.45) is 1.84. The molecule has 0 spiro atoms. The third kappa shape index (κ3) is 4.95. The molecule has 5 heteroatoms. The molecule has 9 rings (SSSR count). The first-order chi connectivity index (χ1) is 23.8. The molecule has 0 atom stereocenters. The van der Waals surface area contributed by atoms with E-state index in [0.717, 1.165) is 66.3 Å². The monoisotopic (exact) mass is 613 g/mol. The zero-order chi connectivity index (χ0) is 31.9. The van der Waals surface area contributed by atoms with E-state index in [1.165, 1.54) is 5.39 Å². The molecule has 0 radical (unpaired) electrons. The molecule has 224 valence electrons. The number of pyridine rings is 2. The second kappa shape index (κ2) is 11.6. The van der Waals surface area contributed by atoms with Crippen LogP contribution in [0, 0.1) is 0 Å². The quantitative estimate of drug-likeness (QED) is 0.181. The first-order valence-electron chi connectivity index (χ1n) is 15.9. The van der Waals surface area contributed by atoms with Crippen LogP contribution in [-0.4, -0.2) is 24.9 Å². The molecule has 0 aliphatic heterocycles. The van der Waals surface area contributed by atoms with Gasteiger partial charge >= 0.3 is 0 Å². The lowest BCUT2D eigenvalue weighted by Gasteiger charge is -2.13. The lowest BCUT2D eigenvalue weighted by Crippen LogP contribution is -2.00. The Morgan fingerprint density at radius 2 is 0.833 bits per heavy atom.